The Morgan fingerprint density at radius 2 is 1.89 bits per heavy atom. The van der Waals surface area contributed by atoms with Crippen LogP contribution in [0.5, 0.6) is 0 Å². The van der Waals surface area contributed by atoms with E-state index in [-0.39, 0.29) is 0 Å². The minimum atomic E-state index is 0.736. The Bertz CT molecular complexity index is 562. The first-order valence-electron chi connectivity index (χ1n) is 6.78. The first-order chi connectivity index (χ1) is 9.28. The van der Waals surface area contributed by atoms with Gasteiger partial charge in [-0.15, -0.1) is 0 Å². The van der Waals surface area contributed by atoms with Gasteiger partial charge in [-0.1, -0.05) is 48.0 Å². The van der Waals surface area contributed by atoms with Crippen molar-refractivity contribution >= 4 is 11.6 Å². The topological polar surface area (TPSA) is 12.0 Å². The predicted molar refractivity (Wildman–Crippen MR) is 81.7 cm³/mol. The number of hydrogen-bond acceptors (Lipinski definition) is 1. The van der Waals surface area contributed by atoms with Crippen LogP contribution in [-0.4, -0.2) is 13.6 Å². The summed E-state index contributed by atoms with van der Waals surface area (Å²) in [5, 5.41) is 4.06. The van der Waals surface area contributed by atoms with Gasteiger partial charge in [0, 0.05) is 5.02 Å². The van der Waals surface area contributed by atoms with Gasteiger partial charge in [-0.3, -0.25) is 0 Å². The average molecular weight is 272 g/mol. The number of benzene rings is 2. The molecular weight excluding hydrogens is 254 g/mol. The molecule has 0 aliphatic heterocycles. The van der Waals surface area contributed by atoms with Crippen molar-refractivity contribution in [2.24, 2.45) is 5.92 Å². The van der Waals surface area contributed by atoms with Crippen LogP contribution < -0.4 is 5.32 Å². The molecule has 0 aromatic heterocycles. The molecule has 0 heterocycles. The lowest BCUT2D eigenvalue weighted by molar-refractivity contribution is 0.698. The van der Waals surface area contributed by atoms with E-state index in [0.717, 1.165) is 23.4 Å². The highest BCUT2D eigenvalue weighted by Gasteiger charge is 2.37. The van der Waals surface area contributed by atoms with Crippen LogP contribution in [0.2, 0.25) is 5.02 Å². The summed E-state index contributed by atoms with van der Waals surface area (Å²) in [7, 11) is 2.03. The fraction of sp³-hybridized carbons (Fsp3) is 0.294. The van der Waals surface area contributed by atoms with Crippen molar-refractivity contribution in [3.8, 4) is 11.1 Å². The number of nitrogens with one attached hydrogen (secondary N) is 1. The van der Waals surface area contributed by atoms with Crippen LogP contribution in [0.3, 0.4) is 0 Å². The molecule has 3 rings (SSSR count). The molecule has 0 amide bonds. The van der Waals surface area contributed by atoms with Gasteiger partial charge in [0.2, 0.25) is 0 Å². The molecule has 1 nitrogen and oxygen atoms in total. The molecule has 2 aromatic carbocycles. The highest BCUT2D eigenvalue weighted by Crippen LogP contribution is 2.47. The van der Waals surface area contributed by atoms with E-state index >= 15 is 0 Å². The molecule has 98 valence electrons. The third kappa shape index (κ3) is 2.83. The van der Waals surface area contributed by atoms with E-state index in [4.69, 9.17) is 11.6 Å². The second-order valence-corrected chi connectivity index (χ2v) is 5.73. The van der Waals surface area contributed by atoms with Gasteiger partial charge in [0.15, 0.2) is 0 Å². The summed E-state index contributed by atoms with van der Waals surface area (Å²) in [6, 6.07) is 17.0. The van der Waals surface area contributed by atoms with E-state index in [9.17, 15) is 0 Å². The molecule has 1 saturated carbocycles. The molecule has 19 heavy (non-hydrogen) atoms. The Morgan fingerprint density at radius 3 is 2.63 bits per heavy atom. The molecule has 1 aliphatic rings. The average Bonchev–Trinajstić information content (AvgIpc) is 3.20. The van der Waals surface area contributed by atoms with Gasteiger partial charge < -0.3 is 5.32 Å². The predicted octanol–water partition coefficient (Wildman–Crippen LogP) is 4.33. The van der Waals surface area contributed by atoms with Gasteiger partial charge in [-0.05, 0) is 60.7 Å². The second kappa shape index (κ2) is 5.36. The summed E-state index contributed by atoms with van der Waals surface area (Å²) >= 11 is 5.94. The lowest BCUT2D eigenvalue weighted by atomic mass is 10.0. The molecular formula is C17H18ClN. The van der Waals surface area contributed by atoms with E-state index in [1.54, 1.807) is 0 Å². The molecule has 0 saturated heterocycles. The van der Waals surface area contributed by atoms with E-state index < -0.39 is 0 Å². The van der Waals surface area contributed by atoms with Gasteiger partial charge >= 0.3 is 0 Å². The van der Waals surface area contributed by atoms with Crippen LogP contribution in [0.1, 0.15) is 17.9 Å². The van der Waals surface area contributed by atoms with Crippen LogP contribution in [0.4, 0.5) is 0 Å². The van der Waals surface area contributed by atoms with Crippen molar-refractivity contribution in [3.63, 3.8) is 0 Å². The Kier molecular flexibility index (Phi) is 3.58. The van der Waals surface area contributed by atoms with Crippen molar-refractivity contribution in [3.05, 3.63) is 59.1 Å². The Labute approximate surface area is 119 Å². The second-order valence-electron chi connectivity index (χ2n) is 5.29. The zero-order chi connectivity index (χ0) is 13.2. The summed E-state index contributed by atoms with van der Waals surface area (Å²) in [6.07, 6.45) is 1.31. The maximum absolute atomic E-state index is 5.94. The molecule has 1 fully saturated rings. The van der Waals surface area contributed by atoms with Crippen molar-refractivity contribution in [1.82, 2.24) is 5.32 Å². The highest BCUT2D eigenvalue weighted by molar-refractivity contribution is 6.30. The quantitative estimate of drug-likeness (QED) is 0.873. The van der Waals surface area contributed by atoms with Crippen LogP contribution in [0, 0.1) is 5.92 Å². The van der Waals surface area contributed by atoms with E-state index in [2.05, 4.69) is 41.7 Å². The van der Waals surface area contributed by atoms with Crippen molar-refractivity contribution in [2.75, 3.05) is 13.6 Å². The van der Waals surface area contributed by atoms with Crippen LogP contribution in [0.25, 0.3) is 11.1 Å². The Hall–Kier alpha value is -1.31. The number of hydrogen-bond donors (Lipinski definition) is 1. The molecule has 0 spiro atoms. The molecule has 2 atom stereocenters. The lowest BCUT2D eigenvalue weighted by Crippen LogP contribution is -2.10. The largest absolute Gasteiger partial charge is 0.319 e. The van der Waals surface area contributed by atoms with Crippen molar-refractivity contribution in [2.45, 2.75) is 12.3 Å². The highest BCUT2D eigenvalue weighted by atomic mass is 35.5. The van der Waals surface area contributed by atoms with E-state index in [1.165, 1.54) is 23.1 Å². The SMILES string of the molecule is CNCC1CC1c1cccc(-c2ccc(Cl)cc2)c1. The first-order valence-corrected chi connectivity index (χ1v) is 7.16. The van der Waals surface area contributed by atoms with Gasteiger partial charge in [0.25, 0.3) is 0 Å². The Balaban J connectivity index is 1.82. The molecule has 1 N–H and O–H groups in total. The minimum Gasteiger partial charge on any atom is -0.319 e. The molecule has 1 aliphatic carbocycles. The van der Waals surface area contributed by atoms with E-state index in [1.807, 2.05) is 19.2 Å². The molecule has 2 heteroatoms. The van der Waals surface area contributed by atoms with Crippen molar-refractivity contribution in [1.29, 1.82) is 0 Å². The van der Waals surface area contributed by atoms with Gasteiger partial charge in [0.1, 0.15) is 0 Å². The molecule has 2 unspecified atom stereocenters. The van der Waals surface area contributed by atoms with Gasteiger partial charge in [0.05, 0.1) is 0 Å². The third-order valence-electron chi connectivity index (χ3n) is 3.88. The Morgan fingerprint density at radius 1 is 1.11 bits per heavy atom. The first kappa shape index (κ1) is 12.7. The lowest BCUT2D eigenvalue weighted by Gasteiger charge is -2.06. The van der Waals surface area contributed by atoms with Crippen LogP contribution in [0.15, 0.2) is 48.5 Å². The summed E-state index contributed by atoms with van der Waals surface area (Å²) < 4.78 is 0. The van der Waals surface area contributed by atoms with Gasteiger partial charge in [-0.25, -0.2) is 0 Å². The van der Waals surface area contributed by atoms with Gasteiger partial charge in [-0.2, -0.15) is 0 Å². The van der Waals surface area contributed by atoms with E-state index in [0.29, 0.717) is 0 Å². The maximum Gasteiger partial charge on any atom is 0.0406 e. The fourth-order valence-corrected chi connectivity index (χ4v) is 2.86. The van der Waals surface area contributed by atoms with Crippen LogP contribution in [-0.2, 0) is 0 Å². The molecule has 2 aromatic rings. The monoisotopic (exact) mass is 271 g/mol. The minimum absolute atomic E-state index is 0.736. The summed E-state index contributed by atoms with van der Waals surface area (Å²) in [5.41, 5.74) is 3.98. The van der Waals surface area contributed by atoms with Crippen molar-refractivity contribution < 1.29 is 0 Å². The maximum atomic E-state index is 5.94. The smallest absolute Gasteiger partial charge is 0.0406 e. The van der Waals surface area contributed by atoms with Crippen LogP contribution >= 0.6 is 11.6 Å². The summed E-state index contributed by atoms with van der Waals surface area (Å²) in [5.74, 6) is 1.55. The summed E-state index contributed by atoms with van der Waals surface area (Å²) in [6.45, 7) is 1.12. The molecule has 0 radical (unpaired) electrons. The zero-order valence-electron chi connectivity index (χ0n) is 11.1. The third-order valence-corrected chi connectivity index (χ3v) is 4.13. The normalized spacial score (nSPS) is 21.4. The summed E-state index contributed by atoms with van der Waals surface area (Å²) in [4.78, 5) is 0. The zero-order valence-corrected chi connectivity index (χ0v) is 11.8. The number of halogens is 1. The standard InChI is InChI=1S/C17H18ClN/c1-19-11-15-10-17(15)14-4-2-3-13(9-14)12-5-7-16(18)8-6-12/h2-9,15,17,19H,10-11H2,1H3. The number of rotatable bonds is 4. The fourth-order valence-electron chi connectivity index (χ4n) is 2.73. The molecule has 0 bridgehead atoms.